The number of ether oxygens (including phenoxy) is 1. The summed E-state index contributed by atoms with van der Waals surface area (Å²) in [4.78, 5) is 16.4. The zero-order chi connectivity index (χ0) is 18.5. The number of para-hydroxylation sites is 1. The van der Waals surface area contributed by atoms with Gasteiger partial charge in [-0.05, 0) is 43.7 Å². The number of nitrogens with one attached hydrogen (secondary N) is 1. The number of amides is 1. The van der Waals surface area contributed by atoms with Crippen molar-refractivity contribution in [1.82, 2.24) is 15.5 Å². The van der Waals surface area contributed by atoms with Crippen molar-refractivity contribution in [3.05, 3.63) is 64.9 Å². The van der Waals surface area contributed by atoms with Crippen LogP contribution in [-0.4, -0.2) is 22.7 Å². The quantitative estimate of drug-likeness (QED) is 0.709. The summed E-state index contributed by atoms with van der Waals surface area (Å²) in [6.07, 6.45) is 0. The molecule has 6 nitrogen and oxygen atoms in total. The van der Waals surface area contributed by atoms with Gasteiger partial charge in [0.15, 0.2) is 12.4 Å². The van der Waals surface area contributed by atoms with Crippen LogP contribution in [0.25, 0.3) is 11.5 Å². The Hall–Kier alpha value is -2.86. The number of hydrogen-bond donors (Lipinski definition) is 1. The topological polar surface area (TPSA) is 77.2 Å². The van der Waals surface area contributed by atoms with Gasteiger partial charge in [-0.15, -0.1) is 0 Å². The summed E-state index contributed by atoms with van der Waals surface area (Å²) < 4.78 is 10.8. The summed E-state index contributed by atoms with van der Waals surface area (Å²) in [6, 6.07) is 14.4. The fourth-order valence-corrected chi connectivity index (χ4v) is 2.56. The third-order valence-corrected chi connectivity index (χ3v) is 4.00. The van der Waals surface area contributed by atoms with Crippen molar-refractivity contribution in [3.8, 4) is 17.2 Å². The number of carbonyl (C=O) groups excluding carboxylic acids is 1. The lowest BCUT2D eigenvalue weighted by Crippen LogP contribution is -2.31. The van der Waals surface area contributed by atoms with E-state index in [4.69, 9.17) is 20.9 Å². The highest BCUT2D eigenvalue weighted by Crippen LogP contribution is 2.28. The van der Waals surface area contributed by atoms with Crippen molar-refractivity contribution in [1.29, 1.82) is 0 Å². The maximum atomic E-state index is 12.2. The Balaban J connectivity index is 1.62. The van der Waals surface area contributed by atoms with Crippen LogP contribution in [0.3, 0.4) is 0 Å². The molecule has 0 aliphatic heterocycles. The van der Waals surface area contributed by atoms with Gasteiger partial charge in [0.2, 0.25) is 0 Å². The molecule has 0 bridgehead atoms. The number of nitrogens with zero attached hydrogens (tertiary/aromatic N) is 2. The highest BCUT2D eigenvalue weighted by Gasteiger charge is 2.15. The van der Waals surface area contributed by atoms with Crippen LogP contribution in [0.5, 0.6) is 5.75 Å². The predicted molar refractivity (Wildman–Crippen MR) is 98.0 cm³/mol. The summed E-state index contributed by atoms with van der Waals surface area (Å²) in [5, 5.41) is 7.32. The fourth-order valence-electron chi connectivity index (χ4n) is 2.44. The van der Waals surface area contributed by atoms with Crippen LogP contribution >= 0.6 is 11.6 Å². The maximum Gasteiger partial charge on any atom is 0.261 e. The maximum absolute atomic E-state index is 12.2. The SMILES string of the molecule is Cc1noc(-c2ccccc2OCC(=O)N[C@H](C)c2ccc(Cl)cc2)n1. The van der Waals surface area contributed by atoms with Gasteiger partial charge in [-0.2, -0.15) is 4.98 Å². The Bertz CT molecular complexity index is 893. The van der Waals surface area contributed by atoms with E-state index in [1.54, 1.807) is 31.2 Å². The number of hydrogen-bond acceptors (Lipinski definition) is 5. The molecule has 1 aromatic heterocycles. The van der Waals surface area contributed by atoms with E-state index in [2.05, 4.69) is 15.5 Å². The van der Waals surface area contributed by atoms with Gasteiger partial charge in [0, 0.05) is 5.02 Å². The van der Waals surface area contributed by atoms with E-state index < -0.39 is 0 Å². The number of benzene rings is 2. The van der Waals surface area contributed by atoms with Crippen LogP contribution < -0.4 is 10.1 Å². The molecule has 2 aromatic carbocycles. The molecule has 3 aromatic rings. The largest absolute Gasteiger partial charge is 0.483 e. The van der Waals surface area contributed by atoms with Crippen LogP contribution in [0.2, 0.25) is 5.02 Å². The molecule has 3 rings (SSSR count). The number of rotatable bonds is 6. The summed E-state index contributed by atoms with van der Waals surface area (Å²) in [5.41, 5.74) is 1.61. The summed E-state index contributed by atoms with van der Waals surface area (Å²) in [7, 11) is 0. The number of carbonyl (C=O) groups is 1. The van der Waals surface area contributed by atoms with Crippen molar-refractivity contribution >= 4 is 17.5 Å². The first-order valence-corrected chi connectivity index (χ1v) is 8.48. The minimum atomic E-state index is -0.232. The normalized spacial score (nSPS) is 11.8. The minimum absolute atomic E-state index is 0.123. The first-order chi connectivity index (χ1) is 12.5. The average molecular weight is 372 g/mol. The standard InChI is InChI=1S/C19H18ClN3O3/c1-12(14-7-9-15(20)10-8-14)21-18(24)11-25-17-6-4-3-5-16(17)19-22-13(2)23-26-19/h3-10,12H,11H2,1-2H3,(H,21,24)/t12-/m1/s1. The Morgan fingerprint density at radius 2 is 1.96 bits per heavy atom. The van der Waals surface area contributed by atoms with Crippen molar-refractivity contribution in [3.63, 3.8) is 0 Å². The van der Waals surface area contributed by atoms with E-state index in [1.165, 1.54) is 0 Å². The van der Waals surface area contributed by atoms with Gasteiger partial charge in [0.25, 0.3) is 11.8 Å². The van der Waals surface area contributed by atoms with E-state index in [9.17, 15) is 4.79 Å². The van der Waals surface area contributed by atoms with Gasteiger partial charge in [-0.3, -0.25) is 4.79 Å². The predicted octanol–water partition coefficient (Wildman–Crippen LogP) is 3.95. The van der Waals surface area contributed by atoms with Crippen molar-refractivity contribution < 1.29 is 14.1 Å². The van der Waals surface area contributed by atoms with Crippen molar-refractivity contribution in [2.24, 2.45) is 0 Å². The summed E-state index contributed by atoms with van der Waals surface area (Å²) >= 11 is 5.88. The lowest BCUT2D eigenvalue weighted by Gasteiger charge is -2.15. The van der Waals surface area contributed by atoms with E-state index in [-0.39, 0.29) is 18.6 Å². The third-order valence-electron chi connectivity index (χ3n) is 3.75. The Labute approximate surface area is 156 Å². The lowest BCUT2D eigenvalue weighted by molar-refractivity contribution is -0.123. The molecule has 0 spiro atoms. The zero-order valence-electron chi connectivity index (χ0n) is 14.4. The molecule has 1 heterocycles. The molecule has 1 atom stereocenters. The summed E-state index contributed by atoms with van der Waals surface area (Å²) in [5.74, 6) is 1.16. The molecule has 0 aliphatic carbocycles. The molecular formula is C19H18ClN3O3. The van der Waals surface area contributed by atoms with E-state index >= 15 is 0 Å². The molecule has 7 heteroatoms. The molecule has 0 saturated heterocycles. The summed E-state index contributed by atoms with van der Waals surface area (Å²) in [6.45, 7) is 3.51. The molecule has 26 heavy (non-hydrogen) atoms. The first-order valence-electron chi connectivity index (χ1n) is 8.10. The van der Waals surface area contributed by atoms with E-state index in [0.29, 0.717) is 28.1 Å². The van der Waals surface area contributed by atoms with E-state index in [1.807, 2.05) is 31.2 Å². The van der Waals surface area contributed by atoms with Gasteiger partial charge < -0.3 is 14.6 Å². The van der Waals surface area contributed by atoms with Gasteiger partial charge in [-0.1, -0.05) is 41.0 Å². The Morgan fingerprint density at radius 1 is 1.23 bits per heavy atom. The lowest BCUT2D eigenvalue weighted by atomic mass is 10.1. The van der Waals surface area contributed by atoms with Gasteiger partial charge >= 0.3 is 0 Å². The van der Waals surface area contributed by atoms with Crippen LogP contribution in [0, 0.1) is 6.92 Å². The average Bonchev–Trinajstić information content (AvgIpc) is 3.07. The van der Waals surface area contributed by atoms with Crippen LogP contribution in [0.4, 0.5) is 0 Å². The Morgan fingerprint density at radius 3 is 2.65 bits per heavy atom. The van der Waals surface area contributed by atoms with Crippen molar-refractivity contribution in [2.45, 2.75) is 19.9 Å². The number of aryl methyl sites for hydroxylation is 1. The fraction of sp³-hybridized carbons (Fsp3) is 0.211. The molecular weight excluding hydrogens is 354 g/mol. The minimum Gasteiger partial charge on any atom is -0.483 e. The number of aromatic nitrogens is 2. The molecule has 0 unspecified atom stereocenters. The van der Waals surface area contributed by atoms with Crippen LogP contribution in [0.15, 0.2) is 53.1 Å². The third kappa shape index (κ3) is 4.40. The van der Waals surface area contributed by atoms with Crippen LogP contribution in [-0.2, 0) is 4.79 Å². The second-order valence-corrected chi connectivity index (χ2v) is 6.21. The van der Waals surface area contributed by atoms with Gasteiger partial charge in [0.1, 0.15) is 5.75 Å². The first kappa shape index (κ1) is 17.9. The molecule has 0 saturated carbocycles. The Kier molecular flexibility index (Phi) is 5.53. The highest BCUT2D eigenvalue weighted by molar-refractivity contribution is 6.30. The zero-order valence-corrected chi connectivity index (χ0v) is 15.2. The van der Waals surface area contributed by atoms with E-state index in [0.717, 1.165) is 5.56 Å². The molecule has 0 radical (unpaired) electrons. The monoisotopic (exact) mass is 371 g/mol. The molecule has 1 amide bonds. The molecule has 0 fully saturated rings. The van der Waals surface area contributed by atoms with Gasteiger partial charge in [0.05, 0.1) is 11.6 Å². The second kappa shape index (κ2) is 8.01. The van der Waals surface area contributed by atoms with Crippen molar-refractivity contribution in [2.75, 3.05) is 6.61 Å². The highest BCUT2D eigenvalue weighted by atomic mass is 35.5. The van der Waals surface area contributed by atoms with Crippen LogP contribution in [0.1, 0.15) is 24.4 Å². The molecule has 134 valence electrons. The smallest absolute Gasteiger partial charge is 0.261 e. The molecule has 1 N–H and O–H groups in total. The second-order valence-electron chi connectivity index (χ2n) is 5.77. The van der Waals surface area contributed by atoms with Gasteiger partial charge in [-0.25, -0.2) is 0 Å². The molecule has 0 aliphatic rings. The number of halogens is 1.